The van der Waals surface area contributed by atoms with Crippen LogP contribution in [-0.4, -0.2) is 37.2 Å². The van der Waals surface area contributed by atoms with Crippen LogP contribution in [0.2, 0.25) is 0 Å². The van der Waals surface area contributed by atoms with Gasteiger partial charge in [-0.2, -0.15) is 0 Å². The largest absolute Gasteiger partial charge is 0.462 e. The highest BCUT2D eigenvalue weighted by atomic mass is 16.6. The molecule has 6 heteroatoms. The number of esters is 3. The molecule has 0 heterocycles. The lowest BCUT2D eigenvalue weighted by Crippen LogP contribution is -2.30. The third-order valence-corrected chi connectivity index (χ3v) is 11.8. The summed E-state index contributed by atoms with van der Waals surface area (Å²) in [4.78, 5) is 38.0. The Labute approximate surface area is 390 Å². The molecular weight excluding hydrogens is 781 g/mol. The van der Waals surface area contributed by atoms with Crippen molar-refractivity contribution in [2.24, 2.45) is 0 Å². The number of unbranched alkanes of at least 4 members (excludes halogenated alkanes) is 30. The van der Waals surface area contributed by atoms with Crippen LogP contribution in [0.4, 0.5) is 0 Å². The maximum Gasteiger partial charge on any atom is 0.306 e. The standard InChI is InChI=1S/C57H102O6/c1-4-7-10-13-16-19-22-25-27-28-30-32-35-38-41-44-47-50-56(59)62-53-54(52-61-55(58)49-46-43-40-37-34-31-24-21-18-15-12-9-6-3)63-57(60)51-48-45-42-39-36-33-29-26-23-20-17-14-11-8-5-2/h16,19,25,27,30,32,38,41,54H,4-15,17-18,20-24,26,28-29,31,33-37,39-40,42-53H2,1-3H3/t54-/m1/s1. The minimum atomic E-state index is -0.790. The topological polar surface area (TPSA) is 78.9 Å². The summed E-state index contributed by atoms with van der Waals surface area (Å²) in [6, 6.07) is 0. The first-order valence-electron chi connectivity index (χ1n) is 27.1. The van der Waals surface area contributed by atoms with Crippen LogP contribution < -0.4 is 0 Å². The SMILES string of the molecule is CCCCCC=CCC=CCC=CCC=CCCCC(=O)OC[C@@H](COC(=O)CCCCCCCCCCCCCCC)OC(=O)CCCCCCCCCCCCCCCCC. The predicted molar refractivity (Wildman–Crippen MR) is 270 cm³/mol. The first-order valence-corrected chi connectivity index (χ1v) is 27.1. The molecule has 1 atom stereocenters. The fraction of sp³-hybridized carbons (Fsp3) is 0.807. The van der Waals surface area contributed by atoms with Gasteiger partial charge < -0.3 is 14.2 Å². The Morgan fingerprint density at radius 2 is 0.587 bits per heavy atom. The van der Waals surface area contributed by atoms with E-state index < -0.39 is 6.10 Å². The summed E-state index contributed by atoms with van der Waals surface area (Å²) in [5.41, 5.74) is 0. The molecule has 0 radical (unpaired) electrons. The van der Waals surface area contributed by atoms with Crippen molar-refractivity contribution in [3.63, 3.8) is 0 Å². The summed E-state index contributed by atoms with van der Waals surface area (Å²) >= 11 is 0. The van der Waals surface area contributed by atoms with E-state index in [1.165, 1.54) is 167 Å². The van der Waals surface area contributed by atoms with Gasteiger partial charge in [0, 0.05) is 19.3 Å². The lowest BCUT2D eigenvalue weighted by molar-refractivity contribution is -0.167. The van der Waals surface area contributed by atoms with Crippen LogP contribution in [0.25, 0.3) is 0 Å². The molecule has 0 aromatic carbocycles. The highest BCUT2D eigenvalue weighted by Crippen LogP contribution is 2.16. The zero-order valence-corrected chi connectivity index (χ0v) is 41.8. The Kier molecular flexibility index (Phi) is 49.8. The van der Waals surface area contributed by atoms with Gasteiger partial charge in [0.05, 0.1) is 0 Å². The summed E-state index contributed by atoms with van der Waals surface area (Å²) in [5.74, 6) is -0.932. The minimum absolute atomic E-state index is 0.0859. The van der Waals surface area contributed by atoms with Crippen LogP contribution in [0, 0.1) is 0 Å². The quantitative estimate of drug-likeness (QED) is 0.0262. The highest BCUT2D eigenvalue weighted by molar-refractivity contribution is 5.71. The van der Waals surface area contributed by atoms with Gasteiger partial charge in [-0.3, -0.25) is 14.4 Å². The van der Waals surface area contributed by atoms with Gasteiger partial charge >= 0.3 is 17.9 Å². The lowest BCUT2D eigenvalue weighted by atomic mass is 10.0. The highest BCUT2D eigenvalue weighted by Gasteiger charge is 2.19. The van der Waals surface area contributed by atoms with Crippen molar-refractivity contribution in [3.05, 3.63) is 48.6 Å². The molecule has 0 aromatic rings. The van der Waals surface area contributed by atoms with Gasteiger partial charge in [-0.15, -0.1) is 0 Å². The van der Waals surface area contributed by atoms with Crippen LogP contribution in [-0.2, 0) is 28.6 Å². The second-order valence-electron chi connectivity index (χ2n) is 18.2. The van der Waals surface area contributed by atoms with Gasteiger partial charge in [-0.1, -0.05) is 249 Å². The third-order valence-electron chi connectivity index (χ3n) is 11.8. The molecule has 0 amide bonds. The summed E-state index contributed by atoms with van der Waals surface area (Å²) in [6.07, 6.45) is 62.4. The van der Waals surface area contributed by atoms with Gasteiger partial charge in [0.15, 0.2) is 6.10 Å². The summed E-state index contributed by atoms with van der Waals surface area (Å²) in [5, 5.41) is 0. The maximum absolute atomic E-state index is 12.8. The Balaban J connectivity index is 4.43. The van der Waals surface area contributed by atoms with Crippen molar-refractivity contribution in [1.82, 2.24) is 0 Å². The molecule has 0 bridgehead atoms. The fourth-order valence-corrected chi connectivity index (χ4v) is 7.73. The minimum Gasteiger partial charge on any atom is -0.462 e. The monoisotopic (exact) mass is 883 g/mol. The first kappa shape index (κ1) is 60.4. The van der Waals surface area contributed by atoms with E-state index in [1.807, 2.05) is 0 Å². The molecule has 0 aromatic heterocycles. The van der Waals surface area contributed by atoms with Crippen molar-refractivity contribution in [1.29, 1.82) is 0 Å². The Hall–Kier alpha value is -2.63. The molecule has 0 spiro atoms. The molecule has 0 fully saturated rings. The Bertz CT molecular complexity index is 1110. The smallest absolute Gasteiger partial charge is 0.306 e. The average Bonchev–Trinajstić information content (AvgIpc) is 3.28. The summed E-state index contributed by atoms with van der Waals surface area (Å²) in [7, 11) is 0. The second kappa shape index (κ2) is 52.0. The number of carbonyl (C=O) groups excluding carboxylic acids is 3. The molecular formula is C57H102O6. The Morgan fingerprint density at radius 1 is 0.317 bits per heavy atom. The first-order chi connectivity index (χ1) is 31.0. The van der Waals surface area contributed by atoms with Crippen LogP contribution in [0.1, 0.15) is 278 Å². The molecule has 6 nitrogen and oxygen atoms in total. The van der Waals surface area contributed by atoms with E-state index in [-0.39, 0.29) is 37.5 Å². The molecule has 0 saturated heterocycles. The van der Waals surface area contributed by atoms with E-state index in [0.29, 0.717) is 19.3 Å². The van der Waals surface area contributed by atoms with Gasteiger partial charge in [0.2, 0.25) is 0 Å². The number of allylic oxidation sites excluding steroid dienone is 8. The van der Waals surface area contributed by atoms with E-state index in [0.717, 1.165) is 64.2 Å². The molecule has 0 aliphatic carbocycles. The van der Waals surface area contributed by atoms with Gasteiger partial charge in [0.1, 0.15) is 13.2 Å². The molecule has 0 saturated carbocycles. The van der Waals surface area contributed by atoms with Crippen molar-refractivity contribution < 1.29 is 28.6 Å². The van der Waals surface area contributed by atoms with Crippen LogP contribution in [0.3, 0.4) is 0 Å². The lowest BCUT2D eigenvalue weighted by Gasteiger charge is -2.18. The number of hydrogen-bond donors (Lipinski definition) is 0. The van der Waals surface area contributed by atoms with Crippen LogP contribution >= 0.6 is 0 Å². The molecule has 366 valence electrons. The second-order valence-corrected chi connectivity index (χ2v) is 18.2. The van der Waals surface area contributed by atoms with E-state index in [1.54, 1.807) is 0 Å². The zero-order valence-electron chi connectivity index (χ0n) is 41.8. The van der Waals surface area contributed by atoms with Gasteiger partial charge in [-0.05, 0) is 57.8 Å². The van der Waals surface area contributed by atoms with Crippen LogP contribution in [0.15, 0.2) is 48.6 Å². The molecule has 0 aliphatic heterocycles. The summed E-state index contributed by atoms with van der Waals surface area (Å²) in [6.45, 7) is 6.59. The molecule has 0 aliphatic rings. The molecule has 0 N–H and O–H groups in total. The van der Waals surface area contributed by atoms with Crippen molar-refractivity contribution in [3.8, 4) is 0 Å². The van der Waals surface area contributed by atoms with E-state index in [4.69, 9.17) is 14.2 Å². The van der Waals surface area contributed by atoms with Crippen LogP contribution in [0.5, 0.6) is 0 Å². The fourth-order valence-electron chi connectivity index (χ4n) is 7.73. The van der Waals surface area contributed by atoms with E-state index in [9.17, 15) is 14.4 Å². The van der Waals surface area contributed by atoms with Gasteiger partial charge in [0.25, 0.3) is 0 Å². The molecule has 0 unspecified atom stereocenters. The summed E-state index contributed by atoms with van der Waals surface area (Å²) < 4.78 is 16.8. The van der Waals surface area contributed by atoms with Crippen molar-refractivity contribution in [2.45, 2.75) is 284 Å². The number of hydrogen-bond acceptors (Lipinski definition) is 6. The van der Waals surface area contributed by atoms with Crippen molar-refractivity contribution >= 4 is 17.9 Å². The third kappa shape index (κ3) is 50.2. The average molecular weight is 883 g/mol. The predicted octanol–water partition coefficient (Wildman–Crippen LogP) is 17.9. The number of carbonyl (C=O) groups is 3. The molecule has 0 rings (SSSR count). The van der Waals surface area contributed by atoms with Gasteiger partial charge in [-0.25, -0.2) is 0 Å². The normalized spacial score (nSPS) is 12.4. The van der Waals surface area contributed by atoms with E-state index >= 15 is 0 Å². The zero-order chi connectivity index (χ0) is 45.8. The van der Waals surface area contributed by atoms with E-state index in [2.05, 4.69) is 69.4 Å². The van der Waals surface area contributed by atoms with Crippen molar-refractivity contribution in [2.75, 3.05) is 13.2 Å². The maximum atomic E-state index is 12.8. The number of ether oxygens (including phenoxy) is 3. The molecule has 63 heavy (non-hydrogen) atoms. The Morgan fingerprint density at radius 3 is 0.952 bits per heavy atom. The number of rotatable bonds is 49.